The second-order valence-electron chi connectivity index (χ2n) is 5.38. The molecule has 0 saturated heterocycles. The third kappa shape index (κ3) is 4.44. The summed E-state index contributed by atoms with van der Waals surface area (Å²) in [4.78, 5) is 5.37. The molecule has 108 valence electrons. The highest BCUT2D eigenvalue weighted by Crippen LogP contribution is 2.20. The third-order valence-corrected chi connectivity index (χ3v) is 4.46. The lowest BCUT2D eigenvalue weighted by Gasteiger charge is -2.26. The molecule has 0 atom stereocenters. The van der Waals surface area contributed by atoms with Crippen LogP contribution >= 0.6 is 11.3 Å². The monoisotopic (exact) mass is 288 g/mol. The van der Waals surface area contributed by atoms with Gasteiger partial charge in [0.2, 0.25) is 0 Å². The fourth-order valence-electron chi connectivity index (χ4n) is 2.22. The molecule has 0 aliphatic heterocycles. The molecule has 0 fully saturated rings. The molecule has 0 aliphatic carbocycles. The van der Waals surface area contributed by atoms with Gasteiger partial charge in [-0.25, -0.2) is 0 Å². The summed E-state index contributed by atoms with van der Waals surface area (Å²) in [5, 5.41) is 3.21. The van der Waals surface area contributed by atoms with Crippen LogP contribution in [-0.2, 0) is 19.6 Å². The average molecular weight is 288 g/mol. The number of nitrogens with zero attached hydrogens (tertiary/aromatic N) is 1. The molecule has 0 saturated carbocycles. The number of benzene rings is 1. The van der Waals surface area contributed by atoms with E-state index in [9.17, 15) is 0 Å². The SMILES string of the molecule is CNCc1ccc(CN(Cc2ccccc2)C(C)C)s1. The molecular weight excluding hydrogens is 264 g/mol. The van der Waals surface area contributed by atoms with Crippen LogP contribution in [0.25, 0.3) is 0 Å². The number of nitrogens with one attached hydrogen (secondary N) is 1. The van der Waals surface area contributed by atoms with E-state index in [4.69, 9.17) is 0 Å². The topological polar surface area (TPSA) is 15.3 Å². The van der Waals surface area contributed by atoms with Crippen LogP contribution in [0.5, 0.6) is 0 Å². The van der Waals surface area contributed by atoms with Gasteiger partial charge in [-0.2, -0.15) is 0 Å². The molecule has 1 aromatic heterocycles. The molecule has 0 bridgehead atoms. The lowest BCUT2D eigenvalue weighted by atomic mass is 10.2. The van der Waals surface area contributed by atoms with E-state index in [0.717, 1.165) is 19.6 Å². The van der Waals surface area contributed by atoms with E-state index in [1.54, 1.807) is 0 Å². The fraction of sp³-hybridized carbons (Fsp3) is 0.412. The average Bonchev–Trinajstić information content (AvgIpc) is 2.87. The molecule has 20 heavy (non-hydrogen) atoms. The van der Waals surface area contributed by atoms with Gasteiger partial charge in [0.05, 0.1) is 0 Å². The quantitative estimate of drug-likeness (QED) is 0.832. The van der Waals surface area contributed by atoms with Crippen molar-refractivity contribution in [2.24, 2.45) is 0 Å². The molecule has 0 aliphatic rings. The molecule has 0 radical (unpaired) electrons. The van der Waals surface area contributed by atoms with Crippen molar-refractivity contribution in [1.82, 2.24) is 10.2 Å². The van der Waals surface area contributed by atoms with Gasteiger partial charge in [0, 0.05) is 35.4 Å². The molecule has 1 heterocycles. The fourth-order valence-corrected chi connectivity index (χ4v) is 3.27. The molecule has 3 heteroatoms. The Morgan fingerprint density at radius 2 is 1.70 bits per heavy atom. The van der Waals surface area contributed by atoms with Crippen molar-refractivity contribution in [2.45, 2.75) is 39.5 Å². The van der Waals surface area contributed by atoms with Crippen molar-refractivity contribution < 1.29 is 0 Å². The summed E-state index contributed by atoms with van der Waals surface area (Å²) in [6, 6.07) is 15.8. The van der Waals surface area contributed by atoms with Crippen LogP contribution in [0.1, 0.15) is 29.2 Å². The lowest BCUT2D eigenvalue weighted by molar-refractivity contribution is 0.205. The van der Waals surface area contributed by atoms with Crippen LogP contribution in [-0.4, -0.2) is 18.0 Å². The summed E-state index contributed by atoms with van der Waals surface area (Å²) in [5.74, 6) is 0. The van der Waals surface area contributed by atoms with E-state index < -0.39 is 0 Å². The second-order valence-corrected chi connectivity index (χ2v) is 6.64. The zero-order chi connectivity index (χ0) is 14.4. The van der Waals surface area contributed by atoms with Crippen molar-refractivity contribution in [1.29, 1.82) is 0 Å². The third-order valence-electron chi connectivity index (χ3n) is 3.39. The summed E-state index contributed by atoms with van der Waals surface area (Å²) in [7, 11) is 2.00. The first kappa shape index (κ1) is 15.2. The van der Waals surface area contributed by atoms with Crippen molar-refractivity contribution in [2.75, 3.05) is 7.05 Å². The number of hydrogen-bond donors (Lipinski definition) is 1. The Labute approximate surface area is 126 Å². The minimum Gasteiger partial charge on any atom is -0.315 e. The van der Waals surface area contributed by atoms with E-state index in [0.29, 0.717) is 6.04 Å². The number of thiophene rings is 1. The number of hydrogen-bond acceptors (Lipinski definition) is 3. The molecular formula is C17H24N2S. The van der Waals surface area contributed by atoms with Gasteiger partial charge in [-0.05, 0) is 38.6 Å². The Morgan fingerprint density at radius 3 is 2.35 bits per heavy atom. The summed E-state index contributed by atoms with van der Waals surface area (Å²) in [6.07, 6.45) is 0. The van der Waals surface area contributed by atoms with Crippen LogP contribution in [0, 0.1) is 0 Å². The highest BCUT2D eigenvalue weighted by molar-refractivity contribution is 7.11. The minimum atomic E-state index is 0.546. The molecule has 2 rings (SSSR count). The Kier molecular flexibility index (Phi) is 5.77. The molecule has 0 spiro atoms. The molecule has 2 nitrogen and oxygen atoms in total. The minimum absolute atomic E-state index is 0.546. The van der Waals surface area contributed by atoms with E-state index in [-0.39, 0.29) is 0 Å². The molecule has 1 aromatic carbocycles. The Bertz CT molecular complexity index is 505. The van der Waals surface area contributed by atoms with Gasteiger partial charge >= 0.3 is 0 Å². The van der Waals surface area contributed by atoms with E-state index in [2.05, 4.69) is 66.5 Å². The predicted octanol–water partition coefficient (Wildman–Crippen LogP) is 3.88. The van der Waals surface area contributed by atoms with Crippen molar-refractivity contribution in [3.05, 3.63) is 57.8 Å². The molecule has 2 aromatic rings. The van der Waals surface area contributed by atoms with Gasteiger partial charge in [0.1, 0.15) is 0 Å². The first-order chi connectivity index (χ1) is 9.69. The van der Waals surface area contributed by atoms with Gasteiger partial charge in [-0.3, -0.25) is 4.90 Å². The maximum atomic E-state index is 3.21. The first-order valence-corrected chi connectivity index (χ1v) is 8.01. The Hall–Kier alpha value is -1.16. The standard InChI is InChI=1S/C17H24N2S/c1-14(2)19(12-15-7-5-4-6-8-15)13-17-10-9-16(20-17)11-18-3/h4-10,14,18H,11-13H2,1-3H3. The summed E-state index contributed by atoms with van der Waals surface area (Å²) < 4.78 is 0. The second kappa shape index (κ2) is 7.58. The highest BCUT2D eigenvalue weighted by atomic mass is 32.1. The normalized spacial score (nSPS) is 11.4. The van der Waals surface area contributed by atoms with Gasteiger partial charge in [0.15, 0.2) is 0 Å². The van der Waals surface area contributed by atoms with Crippen LogP contribution < -0.4 is 5.32 Å². The Balaban J connectivity index is 2.01. The largest absolute Gasteiger partial charge is 0.315 e. The van der Waals surface area contributed by atoms with Gasteiger partial charge in [-0.15, -0.1) is 11.3 Å². The van der Waals surface area contributed by atoms with Crippen LogP contribution in [0.4, 0.5) is 0 Å². The zero-order valence-electron chi connectivity index (χ0n) is 12.6. The predicted molar refractivity (Wildman–Crippen MR) is 87.9 cm³/mol. The maximum absolute atomic E-state index is 3.21. The summed E-state index contributed by atoms with van der Waals surface area (Å²) in [5.41, 5.74) is 1.38. The van der Waals surface area contributed by atoms with Gasteiger partial charge < -0.3 is 5.32 Å². The molecule has 1 N–H and O–H groups in total. The summed E-state index contributed by atoms with van der Waals surface area (Å²) in [6.45, 7) is 7.54. The van der Waals surface area contributed by atoms with E-state index >= 15 is 0 Å². The Morgan fingerprint density at radius 1 is 1.00 bits per heavy atom. The lowest BCUT2D eigenvalue weighted by Crippen LogP contribution is -2.29. The van der Waals surface area contributed by atoms with Crippen molar-refractivity contribution in [3.8, 4) is 0 Å². The smallest absolute Gasteiger partial charge is 0.0334 e. The van der Waals surface area contributed by atoms with E-state index in [1.165, 1.54) is 15.3 Å². The first-order valence-electron chi connectivity index (χ1n) is 7.19. The zero-order valence-corrected chi connectivity index (χ0v) is 13.4. The van der Waals surface area contributed by atoms with Crippen LogP contribution in [0.3, 0.4) is 0 Å². The summed E-state index contributed by atoms with van der Waals surface area (Å²) >= 11 is 1.91. The van der Waals surface area contributed by atoms with Crippen LogP contribution in [0.15, 0.2) is 42.5 Å². The molecule has 0 amide bonds. The van der Waals surface area contributed by atoms with Crippen molar-refractivity contribution >= 4 is 11.3 Å². The maximum Gasteiger partial charge on any atom is 0.0334 e. The van der Waals surface area contributed by atoms with E-state index in [1.807, 2.05) is 18.4 Å². The molecule has 0 unspecified atom stereocenters. The van der Waals surface area contributed by atoms with Crippen LogP contribution in [0.2, 0.25) is 0 Å². The number of rotatable bonds is 7. The van der Waals surface area contributed by atoms with Crippen molar-refractivity contribution in [3.63, 3.8) is 0 Å². The highest BCUT2D eigenvalue weighted by Gasteiger charge is 2.12. The van der Waals surface area contributed by atoms with Gasteiger partial charge in [-0.1, -0.05) is 30.3 Å². The van der Waals surface area contributed by atoms with Gasteiger partial charge in [0.25, 0.3) is 0 Å².